The summed E-state index contributed by atoms with van der Waals surface area (Å²) in [6.45, 7) is 5.63. The first kappa shape index (κ1) is 15.2. The van der Waals surface area contributed by atoms with Crippen LogP contribution in [-0.2, 0) is 9.84 Å². The molecule has 1 heterocycles. The fourth-order valence-electron chi connectivity index (χ4n) is 1.73. The van der Waals surface area contributed by atoms with Crippen molar-refractivity contribution in [2.45, 2.75) is 19.8 Å². The van der Waals surface area contributed by atoms with E-state index >= 15 is 0 Å². The first-order valence-corrected chi connectivity index (χ1v) is 8.32. The third-order valence-corrected chi connectivity index (χ3v) is 4.57. The fraction of sp³-hybridized carbons (Fsp3) is 0.909. The molecule has 0 radical (unpaired) electrons. The lowest BCUT2D eigenvalue weighted by Gasteiger charge is -2.26. The van der Waals surface area contributed by atoms with Crippen LogP contribution in [0.4, 0.5) is 0 Å². The number of nitrogens with two attached hydrogens (primary N) is 1. The number of nitrogens with one attached hydrogen (secondary N) is 1. The van der Waals surface area contributed by atoms with Gasteiger partial charge in [-0.05, 0) is 6.42 Å². The molecule has 6 nitrogen and oxygen atoms in total. The van der Waals surface area contributed by atoms with Crippen molar-refractivity contribution in [2.24, 2.45) is 10.7 Å². The molecular formula is C11H24N4O2S. The number of aliphatic imine (C=N–C) groups is 1. The number of rotatable bonds is 6. The van der Waals surface area contributed by atoms with Crippen LogP contribution in [0.25, 0.3) is 0 Å². The van der Waals surface area contributed by atoms with Gasteiger partial charge in [0.15, 0.2) is 15.8 Å². The Balaban J connectivity index is 2.13. The van der Waals surface area contributed by atoms with E-state index in [0.29, 0.717) is 25.6 Å². The van der Waals surface area contributed by atoms with Gasteiger partial charge in [0.2, 0.25) is 0 Å². The monoisotopic (exact) mass is 276 g/mol. The summed E-state index contributed by atoms with van der Waals surface area (Å²) in [5.74, 6) is 1.02. The van der Waals surface area contributed by atoms with Crippen molar-refractivity contribution in [1.29, 1.82) is 0 Å². The van der Waals surface area contributed by atoms with Crippen LogP contribution in [0, 0.1) is 0 Å². The van der Waals surface area contributed by atoms with Crippen LogP contribution >= 0.6 is 0 Å². The van der Waals surface area contributed by atoms with E-state index in [1.807, 2.05) is 0 Å². The van der Waals surface area contributed by atoms with Crippen LogP contribution in [0.3, 0.4) is 0 Å². The maximum Gasteiger partial charge on any atom is 0.188 e. The zero-order chi connectivity index (χ0) is 13.4. The molecule has 1 fully saturated rings. The summed E-state index contributed by atoms with van der Waals surface area (Å²) in [7, 11) is -2.78. The van der Waals surface area contributed by atoms with E-state index in [1.165, 1.54) is 0 Å². The van der Waals surface area contributed by atoms with Gasteiger partial charge in [-0.3, -0.25) is 9.89 Å². The molecule has 3 N–H and O–H groups in total. The van der Waals surface area contributed by atoms with Crippen molar-refractivity contribution < 1.29 is 8.42 Å². The highest BCUT2D eigenvalue weighted by molar-refractivity contribution is 7.91. The Morgan fingerprint density at radius 1 is 1.39 bits per heavy atom. The van der Waals surface area contributed by atoms with Gasteiger partial charge >= 0.3 is 0 Å². The molecule has 1 aliphatic heterocycles. The average molecular weight is 276 g/mol. The predicted molar refractivity (Wildman–Crippen MR) is 74.5 cm³/mol. The largest absolute Gasteiger partial charge is 0.370 e. The summed E-state index contributed by atoms with van der Waals surface area (Å²) in [6.07, 6.45) is 2.16. The minimum Gasteiger partial charge on any atom is -0.370 e. The van der Waals surface area contributed by atoms with Gasteiger partial charge in [-0.25, -0.2) is 8.42 Å². The Morgan fingerprint density at radius 2 is 2.06 bits per heavy atom. The standard InChI is InChI=1S/C11H24N4O2S/c1-2-3-4-13-11(12)14-5-6-15-7-9-18(16,17)10-8-15/h2-10H2,1H3,(H3,12,13,14). The van der Waals surface area contributed by atoms with Crippen molar-refractivity contribution in [3.8, 4) is 0 Å². The molecule has 0 saturated carbocycles. The minimum absolute atomic E-state index is 0.271. The summed E-state index contributed by atoms with van der Waals surface area (Å²) >= 11 is 0. The maximum atomic E-state index is 11.2. The molecular weight excluding hydrogens is 252 g/mol. The first-order chi connectivity index (χ1) is 8.53. The van der Waals surface area contributed by atoms with E-state index in [0.717, 1.165) is 25.9 Å². The van der Waals surface area contributed by atoms with Crippen molar-refractivity contribution in [1.82, 2.24) is 10.2 Å². The molecule has 0 amide bonds. The van der Waals surface area contributed by atoms with Gasteiger partial charge in [0, 0.05) is 32.7 Å². The third kappa shape index (κ3) is 6.20. The Morgan fingerprint density at radius 3 is 2.67 bits per heavy atom. The Hall–Kier alpha value is -0.820. The smallest absolute Gasteiger partial charge is 0.188 e. The van der Waals surface area contributed by atoms with Crippen molar-refractivity contribution >= 4 is 15.8 Å². The molecule has 0 unspecified atom stereocenters. The van der Waals surface area contributed by atoms with Crippen LogP contribution < -0.4 is 11.1 Å². The van der Waals surface area contributed by atoms with Crippen molar-refractivity contribution in [3.05, 3.63) is 0 Å². The maximum absolute atomic E-state index is 11.2. The van der Waals surface area contributed by atoms with Crippen molar-refractivity contribution in [3.63, 3.8) is 0 Å². The minimum atomic E-state index is -2.78. The molecule has 1 saturated heterocycles. The van der Waals surface area contributed by atoms with Gasteiger partial charge in [-0.1, -0.05) is 13.3 Å². The molecule has 0 aromatic carbocycles. The van der Waals surface area contributed by atoms with E-state index < -0.39 is 9.84 Å². The number of unbranched alkanes of at least 4 members (excludes halogenated alkanes) is 1. The molecule has 1 rings (SSSR count). The number of hydrogen-bond acceptors (Lipinski definition) is 4. The molecule has 18 heavy (non-hydrogen) atoms. The molecule has 7 heteroatoms. The van der Waals surface area contributed by atoms with E-state index in [-0.39, 0.29) is 11.5 Å². The van der Waals surface area contributed by atoms with Gasteiger partial charge < -0.3 is 11.1 Å². The highest BCUT2D eigenvalue weighted by Crippen LogP contribution is 2.02. The summed E-state index contributed by atoms with van der Waals surface area (Å²) in [5.41, 5.74) is 5.70. The number of nitrogens with zero attached hydrogens (tertiary/aromatic N) is 2. The highest BCUT2D eigenvalue weighted by Gasteiger charge is 2.20. The van der Waals surface area contributed by atoms with E-state index in [9.17, 15) is 8.42 Å². The molecule has 1 aliphatic rings. The van der Waals surface area contributed by atoms with E-state index in [2.05, 4.69) is 22.1 Å². The van der Waals surface area contributed by atoms with Gasteiger partial charge in [0.25, 0.3) is 0 Å². The van der Waals surface area contributed by atoms with Crippen LogP contribution in [0.2, 0.25) is 0 Å². The lowest BCUT2D eigenvalue weighted by Crippen LogP contribution is -2.44. The lowest BCUT2D eigenvalue weighted by atomic mass is 10.3. The van der Waals surface area contributed by atoms with Gasteiger partial charge in [0.05, 0.1) is 11.5 Å². The Bertz CT molecular complexity index is 353. The average Bonchev–Trinajstić information content (AvgIpc) is 2.32. The summed E-state index contributed by atoms with van der Waals surface area (Å²) < 4.78 is 22.5. The molecule has 106 valence electrons. The molecule has 0 aromatic rings. The van der Waals surface area contributed by atoms with E-state index in [4.69, 9.17) is 5.73 Å². The zero-order valence-corrected chi connectivity index (χ0v) is 11.9. The lowest BCUT2D eigenvalue weighted by molar-refractivity contribution is 0.300. The van der Waals surface area contributed by atoms with Crippen LogP contribution in [0.5, 0.6) is 0 Å². The predicted octanol–water partition coefficient (Wildman–Crippen LogP) is -0.579. The SMILES string of the molecule is CCCCN=C(N)NCCN1CCS(=O)(=O)CC1. The topological polar surface area (TPSA) is 87.8 Å². The number of hydrogen-bond donors (Lipinski definition) is 2. The summed E-state index contributed by atoms with van der Waals surface area (Å²) in [5, 5.41) is 3.05. The second-order valence-electron chi connectivity index (χ2n) is 4.54. The fourth-order valence-corrected chi connectivity index (χ4v) is 3.01. The molecule has 0 aliphatic carbocycles. The van der Waals surface area contributed by atoms with E-state index in [1.54, 1.807) is 0 Å². The Labute approximate surface area is 110 Å². The second kappa shape index (κ2) is 7.58. The van der Waals surface area contributed by atoms with Gasteiger partial charge in [-0.15, -0.1) is 0 Å². The second-order valence-corrected chi connectivity index (χ2v) is 6.84. The molecule has 0 spiro atoms. The number of sulfone groups is 1. The first-order valence-electron chi connectivity index (χ1n) is 6.50. The quantitative estimate of drug-likeness (QED) is 0.385. The summed E-state index contributed by atoms with van der Waals surface area (Å²) in [6, 6.07) is 0. The van der Waals surface area contributed by atoms with Gasteiger partial charge in [-0.2, -0.15) is 0 Å². The summed E-state index contributed by atoms with van der Waals surface area (Å²) in [4.78, 5) is 6.32. The normalized spacial score (nSPS) is 20.8. The Kier molecular flexibility index (Phi) is 6.42. The third-order valence-electron chi connectivity index (χ3n) is 2.97. The van der Waals surface area contributed by atoms with Crippen molar-refractivity contribution in [2.75, 3.05) is 44.2 Å². The molecule has 0 atom stereocenters. The molecule has 0 aromatic heterocycles. The van der Waals surface area contributed by atoms with Crippen LogP contribution in [0.15, 0.2) is 4.99 Å². The molecule has 0 bridgehead atoms. The van der Waals surface area contributed by atoms with Crippen LogP contribution in [-0.4, -0.2) is 63.5 Å². The highest BCUT2D eigenvalue weighted by atomic mass is 32.2. The van der Waals surface area contributed by atoms with Crippen LogP contribution in [0.1, 0.15) is 19.8 Å². The van der Waals surface area contributed by atoms with Gasteiger partial charge in [0.1, 0.15) is 0 Å². The zero-order valence-electron chi connectivity index (χ0n) is 11.1. The number of guanidine groups is 1.